The SMILES string of the molecule is Cc1ccc(CN2CCC(C(=O)NCCOc3cccc(C)c3)CC2)cc1. The lowest BCUT2D eigenvalue weighted by atomic mass is 9.95. The van der Waals surface area contributed by atoms with Crippen molar-refractivity contribution in [2.75, 3.05) is 26.2 Å². The molecule has 0 unspecified atom stereocenters. The zero-order valence-corrected chi connectivity index (χ0v) is 16.4. The number of amides is 1. The summed E-state index contributed by atoms with van der Waals surface area (Å²) in [4.78, 5) is 14.8. The van der Waals surface area contributed by atoms with Crippen molar-refractivity contribution in [3.8, 4) is 5.75 Å². The maximum absolute atomic E-state index is 12.4. The number of nitrogens with zero attached hydrogens (tertiary/aromatic N) is 1. The van der Waals surface area contributed by atoms with Crippen LogP contribution >= 0.6 is 0 Å². The Labute approximate surface area is 162 Å². The van der Waals surface area contributed by atoms with Gasteiger partial charge in [-0.05, 0) is 63.0 Å². The molecule has 0 saturated carbocycles. The molecule has 0 atom stereocenters. The van der Waals surface area contributed by atoms with Crippen LogP contribution in [-0.4, -0.2) is 37.0 Å². The van der Waals surface area contributed by atoms with Crippen LogP contribution in [0.25, 0.3) is 0 Å². The van der Waals surface area contributed by atoms with Gasteiger partial charge in [0.15, 0.2) is 0 Å². The summed E-state index contributed by atoms with van der Waals surface area (Å²) in [6.07, 6.45) is 1.85. The smallest absolute Gasteiger partial charge is 0.223 e. The van der Waals surface area contributed by atoms with E-state index in [1.165, 1.54) is 16.7 Å². The molecule has 0 radical (unpaired) electrons. The van der Waals surface area contributed by atoms with Crippen LogP contribution in [0.15, 0.2) is 48.5 Å². The molecule has 144 valence electrons. The van der Waals surface area contributed by atoms with E-state index >= 15 is 0 Å². The van der Waals surface area contributed by atoms with Gasteiger partial charge in [0, 0.05) is 12.5 Å². The highest BCUT2D eigenvalue weighted by atomic mass is 16.5. The van der Waals surface area contributed by atoms with Crippen molar-refractivity contribution >= 4 is 5.91 Å². The lowest BCUT2D eigenvalue weighted by Crippen LogP contribution is -2.41. The van der Waals surface area contributed by atoms with Gasteiger partial charge in [0.05, 0.1) is 6.54 Å². The third kappa shape index (κ3) is 6.10. The fourth-order valence-corrected chi connectivity index (χ4v) is 3.50. The largest absolute Gasteiger partial charge is 0.492 e. The minimum absolute atomic E-state index is 0.123. The molecule has 0 aromatic heterocycles. The van der Waals surface area contributed by atoms with Crippen LogP contribution in [0, 0.1) is 19.8 Å². The lowest BCUT2D eigenvalue weighted by molar-refractivity contribution is -0.126. The fourth-order valence-electron chi connectivity index (χ4n) is 3.50. The van der Waals surface area contributed by atoms with Crippen LogP contribution in [0.2, 0.25) is 0 Å². The highest BCUT2D eigenvalue weighted by Gasteiger charge is 2.24. The maximum atomic E-state index is 12.4. The van der Waals surface area contributed by atoms with Crippen molar-refractivity contribution in [1.29, 1.82) is 0 Å². The second kappa shape index (κ2) is 9.56. The Balaban J connectivity index is 1.34. The number of hydrogen-bond donors (Lipinski definition) is 1. The summed E-state index contributed by atoms with van der Waals surface area (Å²) in [6, 6.07) is 16.7. The maximum Gasteiger partial charge on any atom is 0.223 e. The topological polar surface area (TPSA) is 41.6 Å². The molecule has 3 rings (SSSR count). The summed E-state index contributed by atoms with van der Waals surface area (Å²) in [5.74, 6) is 1.14. The molecule has 1 amide bonds. The van der Waals surface area contributed by atoms with Gasteiger partial charge in [-0.1, -0.05) is 42.0 Å². The Hall–Kier alpha value is -2.33. The minimum atomic E-state index is 0.123. The van der Waals surface area contributed by atoms with E-state index in [0.717, 1.165) is 38.2 Å². The predicted octanol–water partition coefficient (Wildman–Crippen LogP) is 3.71. The van der Waals surface area contributed by atoms with Crippen molar-refractivity contribution in [1.82, 2.24) is 10.2 Å². The van der Waals surface area contributed by atoms with Gasteiger partial charge in [-0.25, -0.2) is 0 Å². The van der Waals surface area contributed by atoms with Gasteiger partial charge >= 0.3 is 0 Å². The van der Waals surface area contributed by atoms with Crippen molar-refractivity contribution in [3.05, 3.63) is 65.2 Å². The second-order valence-corrected chi connectivity index (χ2v) is 7.49. The molecule has 1 N–H and O–H groups in total. The number of aryl methyl sites for hydroxylation is 2. The van der Waals surface area contributed by atoms with Gasteiger partial charge in [-0.15, -0.1) is 0 Å². The monoisotopic (exact) mass is 366 g/mol. The molecule has 0 aliphatic carbocycles. The van der Waals surface area contributed by atoms with Crippen molar-refractivity contribution in [2.24, 2.45) is 5.92 Å². The zero-order chi connectivity index (χ0) is 19.1. The second-order valence-electron chi connectivity index (χ2n) is 7.49. The number of carbonyl (C=O) groups excluding carboxylic acids is 1. The van der Waals surface area contributed by atoms with Gasteiger partial charge in [-0.2, -0.15) is 0 Å². The molecular formula is C23H30N2O2. The molecule has 0 spiro atoms. The molecule has 4 heteroatoms. The number of ether oxygens (including phenoxy) is 1. The van der Waals surface area contributed by atoms with Crippen molar-refractivity contribution < 1.29 is 9.53 Å². The van der Waals surface area contributed by atoms with E-state index in [1.54, 1.807) is 0 Å². The molecule has 2 aromatic carbocycles. The first-order chi connectivity index (χ1) is 13.1. The molecule has 1 saturated heterocycles. The lowest BCUT2D eigenvalue weighted by Gasteiger charge is -2.31. The Morgan fingerprint density at radius 3 is 2.52 bits per heavy atom. The molecule has 1 fully saturated rings. The van der Waals surface area contributed by atoms with Crippen LogP contribution < -0.4 is 10.1 Å². The molecule has 1 aliphatic rings. The molecule has 1 aliphatic heterocycles. The summed E-state index contributed by atoms with van der Waals surface area (Å²) >= 11 is 0. The number of carbonyl (C=O) groups is 1. The normalized spacial score (nSPS) is 15.5. The minimum Gasteiger partial charge on any atom is -0.492 e. The van der Waals surface area contributed by atoms with E-state index in [1.807, 2.05) is 31.2 Å². The average molecular weight is 367 g/mol. The van der Waals surface area contributed by atoms with Gasteiger partial charge in [0.1, 0.15) is 12.4 Å². The molecule has 4 nitrogen and oxygen atoms in total. The van der Waals surface area contributed by atoms with E-state index in [2.05, 4.69) is 41.4 Å². The zero-order valence-electron chi connectivity index (χ0n) is 16.4. The van der Waals surface area contributed by atoms with Crippen LogP contribution in [0.5, 0.6) is 5.75 Å². The molecule has 0 bridgehead atoms. The number of rotatable bonds is 7. The summed E-state index contributed by atoms with van der Waals surface area (Å²) in [6.45, 7) is 8.13. The van der Waals surface area contributed by atoms with E-state index in [4.69, 9.17) is 4.74 Å². The van der Waals surface area contributed by atoms with Crippen molar-refractivity contribution in [2.45, 2.75) is 33.2 Å². The standard InChI is InChI=1S/C23H30N2O2/c1-18-6-8-20(9-7-18)17-25-13-10-21(11-14-25)23(26)24-12-15-27-22-5-3-4-19(2)16-22/h3-9,16,21H,10-15,17H2,1-2H3,(H,24,26). The summed E-state index contributed by atoms with van der Waals surface area (Å²) < 4.78 is 5.69. The number of benzene rings is 2. The van der Waals surface area contributed by atoms with Gasteiger partial charge in [-0.3, -0.25) is 9.69 Å². The third-order valence-corrected chi connectivity index (χ3v) is 5.14. The fraction of sp³-hybridized carbons (Fsp3) is 0.435. The van der Waals surface area contributed by atoms with E-state index in [-0.39, 0.29) is 11.8 Å². The average Bonchev–Trinajstić information content (AvgIpc) is 2.67. The number of hydrogen-bond acceptors (Lipinski definition) is 3. The Morgan fingerprint density at radius 2 is 1.81 bits per heavy atom. The highest BCUT2D eigenvalue weighted by molar-refractivity contribution is 5.78. The third-order valence-electron chi connectivity index (χ3n) is 5.14. The summed E-state index contributed by atoms with van der Waals surface area (Å²) in [5, 5.41) is 3.03. The summed E-state index contributed by atoms with van der Waals surface area (Å²) in [7, 11) is 0. The van der Waals surface area contributed by atoms with Crippen molar-refractivity contribution in [3.63, 3.8) is 0 Å². The Bertz CT molecular complexity index is 734. The summed E-state index contributed by atoms with van der Waals surface area (Å²) in [5.41, 5.74) is 3.81. The Kier molecular flexibility index (Phi) is 6.88. The van der Waals surface area contributed by atoms with Crippen LogP contribution in [-0.2, 0) is 11.3 Å². The van der Waals surface area contributed by atoms with Gasteiger partial charge in [0.2, 0.25) is 5.91 Å². The van der Waals surface area contributed by atoms with E-state index in [9.17, 15) is 4.79 Å². The van der Waals surface area contributed by atoms with Crippen LogP contribution in [0.1, 0.15) is 29.5 Å². The molecule has 2 aromatic rings. The number of piperidine rings is 1. The molecular weight excluding hydrogens is 336 g/mol. The van der Waals surface area contributed by atoms with Gasteiger partial charge < -0.3 is 10.1 Å². The van der Waals surface area contributed by atoms with E-state index < -0.39 is 0 Å². The first-order valence-electron chi connectivity index (χ1n) is 9.85. The molecule has 27 heavy (non-hydrogen) atoms. The van der Waals surface area contributed by atoms with E-state index in [0.29, 0.717) is 13.2 Å². The predicted molar refractivity (Wildman–Crippen MR) is 109 cm³/mol. The first kappa shape index (κ1) is 19.4. The number of likely N-dealkylation sites (tertiary alicyclic amines) is 1. The number of nitrogens with one attached hydrogen (secondary N) is 1. The van der Waals surface area contributed by atoms with Gasteiger partial charge in [0.25, 0.3) is 0 Å². The quantitative estimate of drug-likeness (QED) is 0.760. The molecule has 1 heterocycles. The first-order valence-corrected chi connectivity index (χ1v) is 9.85. The van der Waals surface area contributed by atoms with Crippen LogP contribution in [0.3, 0.4) is 0 Å². The Morgan fingerprint density at radius 1 is 1.07 bits per heavy atom. The highest BCUT2D eigenvalue weighted by Crippen LogP contribution is 2.19. The van der Waals surface area contributed by atoms with Crippen LogP contribution in [0.4, 0.5) is 0 Å².